The van der Waals surface area contributed by atoms with E-state index >= 15 is 0 Å². The molecule has 0 unspecified atom stereocenters. The molecule has 0 saturated carbocycles. The van der Waals surface area contributed by atoms with Crippen LogP contribution in [0.4, 0.5) is 0 Å². The predicted molar refractivity (Wildman–Crippen MR) is 116 cm³/mol. The first-order valence-corrected chi connectivity index (χ1v) is 11.4. The maximum atomic E-state index is 13.4. The van der Waals surface area contributed by atoms with Gasteiger partial charge in [0.15, 0.2) is 0 Å². The number of thiophene rings is 1. The van der Waals surface area contributed by atoms with Gasteiger partial charge in [0.05, 0.1) is 16.6 Å². The Morgan fingerprint density at radius 2 is 1.93 bits per heavy atom. The average Bonchev–Trinajstić information content (AvgIpc) is 3.36. The van der Waals surface area contributed by atoms with E-state index in [0.29, 0.717) is 19.5 Å². The molecule has 2 amide bonds. The summed E-state index contributed by atoms with van der Waals surface area (Å²) < 4.78 is 0. The smallest absolute Gasteiger partial charge is 0.263 e. The van der Waals surface area contributed by atoms with Crippen molar-refractivity contribution in [3.63, 3.8) is 0 Å². The Labute approximate surface area is 176 Å². The summed E-state index contributed by atoms with van der Waals surface area (Å²) >= 11 is 1.49. The lowest BCUT2D eigenvalue weighted by molar-refractivity contribution is -0.136. The molecule has 2 saturated heterocycles. The molecule has 1 aromatic carbocycles. The van der Waals surface area contributed by atoms with Gasteiger partial charge in [-0.3, -0.25) is 14.9 Å². The normalized spacial score (nSPS) is 22.3. The van der Waals surface area contributed by atoms with E-state index in [2.05, 4.69) is 36.2 Å². The zero-order valence-corrected chi connectivity index (χ0v) is 18.0. The minimum absolute atomic E-state index is 0.107. The number of likely N-dealkylation sites (tertiary alicyclic amines) is 1. The van der Waals surface area contributed by atoms with Gasteiger partial charge in [-0.25, -0.2) is 0 Å². The molecule has 154 valence electrons. The Morgan fingerprint density at radius 3 is 2.55 bits per heavy atom. The van der Waals surface area contributed by atoms with Crippen LogP contribution >= 0.6 is 11.3 Å². The van der Waals surface area contributed by atoms with E-state index < -0.39 is 0 Å². The number of benzene rings is 1. The molecule has 6 heteroatoms. The predicted octanol–water partition coefficient (Wildman–Crippen LogP) is 3.52. The monoisotopic (exact) mass is 411 g/mol. The maximum absolute atomic E-state index is 13.4. The summed E-state index contributed by atoms with van der Waals surface area (Å²) in [6.45, 7) is 5.60. The van der Waals surface area contributed by atoms with Gasteiger partial charge in [-0.05, 0) is 36.8 Å². The van der Waals surface area contributed by atoms with Crippen LogP contribution in [0.1, 0.15) is 48.3 Å². The summed E-state index contributed by atoms with van der Waals surface area (Å²) in [5.74, 6) is 0.302. The van der Waals surface area contributed by atoms with Crippen LogP contribution in [0.5, 0.6) is 0 Å². The van der Waals surface area contributed by atoms with Crippen LogP contribution in [0.3, 0.4) is 0 Å². The summed E-state index contributed by atoms with van der Waals surface area (Å²) in [7, 11) is 0. The molecule has 0 radical (unpaired) electrons. The SMILES string of the molecule is CC[C@H](C)N1C(=O)[C@H](Cc2ccccc2)NC12CCN(C(=O)c1cccs1)CC2. The van der Waals surface area contributed by atoms with Crippen LogP contribution in [-0.2, 0) is 11.2 Å². The molecule has 2 aliphatic rings. The summed E-state index contributed by atoms with van der Waals surface area (Å²) in [4.78, 5) is 30.9. The Balaban J connectivity index is 1.51. The third kappa shape index (κ3) is 3.83. The molecule has 0 aliphatic carbocycles. The Bertz CT molecular complexity index is 844. The first-order valence-electron chi connectivity index (χ1n) is 10.5. The van der Waals surface area contributed by atoms with Gasteiger partial charge < -0.3 is 9.80 Å². The molecule has 1 spiro atoms. The van der Waals surface area contributed by atoms with E-state index in [4.69, 9.17) is 0 Å². The van der Waals surface area contributed by atoms with Gasteiger partial charge in [0.1, 0.15) is 0 Å². The summed E-state index contributed by atoms with van der Waals surface area (Å²) in [5.41, 5.74) is 0.822. The fourth-order valence-electron chi connectivity index (χ4n) is 4.67. The number of rotatable bonds is 5. The zero-order valence-electron chi connectivity index (χ0n) is 17.1. The average molecular weight is 412 g/mol. The van der Waals surface area contributed by atoms with Crippen molar-refractivity contribution < 1.29 is 9.59 Å². The van der Waals surface area contributed by atoms with Gasteiger partial charge in [-0.2, -0.15) is 0 Å². The Hall–Kier alpha value is -2.18. The highest BCUT2D eigenvalue weighted by molar-refractivity contribution is 7.12. The zero-order chi connectivity index (χ0) is 20.4. The molecular formula is C23H29N3O2S. The van der Waals surface area contributed by atoms with Crippen LogP contribution in [0.25, 0.3) is 0 Å². The topological polar surface area (TPSA) is 52.7 Å². The van der Waals surface area contributed by atoms with Crippen molar-refractivity contribution in [3.05, 3.63) is 58.3 Å². The second-order valence-corrected chi connectivity index (χ2v) is 9.10. The molecular weight excluding hydrogens is 382 g/mol. The van der Waals surface area contributed by atoms with Crippen molar-refractivity contribution in [1.82, 2.24) is 15.1 Å². The third-order valence-corrected chi connectivity index (χ3v) is 7.22. The minimum Gasteiger partial charge on any atom is -0.338 e. The van der Waals surface area contributed by atoms with Crippen LogP contribution in [0, 0.1) is 0 Å². The quantitative estimate of drug-likeness (QED) is 0.819. The summed E-state index contributed by atoms with van der Waals surface area (Å²) in [5, 5.41) is 5.64. The molecule has 2 fully saturated rings. The number of hydrogen-bond acceptors (Lipinski definition) is 4. The minimum atomic E-state index is -0.349. The van der Waals surface area contributed by atoms with E-state index in [1.807, 2.05) is 40.6 Å². The largest absolute Gasteiger partial charge is 0.338 e. The standard InChI is InChI=1S/C23H29N3O2S/c1-3-17(2)26-21(27)19(16-18-8-5-4-6-9-18)24-23(26)11-13-25(14-12-23)22(28)20-10-7-15-29-20/h4-10,15,17,19,24H,3,11-14,16H2,1-2H3/t17-,19-/m0/s1. The molecule has 1 aromatic heterocycles. The highest BCUT2D eigenvalue weighted by Crippen LogP contribution is 2.36. The van der Waals surface area contributed by atoms with Crippen LogP contribution < -0.4 is 5.32 Å². The summed E-state index contributed by atoms with van der Waals surface area (Å²) in [6, 6.07) is 14.0. The first-order chi connectivity index (χ1) is 14.0. The Morgan fingerprint density at radius 1 is 1.21 bits per heavy atom. The number of hydrogen-bond donors (Lipinski definition) is 1. The number of carbonyl (C=O) groups is 2. The van der Waals surface area contributed by atoms with Gasteiger partial charge in [-0.1, -0.05) is 43.3 Å². The third-order valence-electron chi connectivity index (χ3n) is 6.36. The lowest BCUT2D eigenvalue weighted by Gasteiger charge is -2.46. The van der Waals surface area contributed by atoms with Crippen LogP contribution in [-0.4, -0.2) is 52.5 Å². The molecule has 29 heavy (non-hydrogen) atoms. The molecule has 2 aromatic rings. The van der Waals surface area contributed by atoms with Gasteiger partial charge in [0, 0.05) is 32.0 Å². The first kappa shape index (κ1) is 20.1. The van der Waals surface area contributed by atoms with Crippen molar-refractivity contribution in [3.8, 4) is 0 Å². The van der Waals surface area contributed by atoms with Crippen LogP contribution in [0.2, 0.25) is 0 Å². The number of carbonyl (C=O) groups excluding carboxylic acids is 2. The lowest BCUT2D eigenvalue weighted by atomic mass is 9.94. The Kier molecular flexibility index (Phi) is 5.74. The fourth-order valence-corrected chi connectivity index (χ4v) is 5.36. The van der Waals surface area contributed by atoms with Gasteiger partial charge in [0.25, 0.3) is 5.91 Å². The lowest BCUT2D eigenvalue weighted by Crippen LogP contribution is -2.61. The highest BCUT2D eigenvalue weighted by Gasteiger charge is 2.53. The van der Waals surface area contributed by atoms with Crippen LogP contribution in [0.15, 0.2) is 47.8 Å². The number of piperidine rings is 1. The molecule has 1 N–H and O–H groups in total. The second-order valence-electron chi connectivity index (χ2n) is 8.15. The summed E-state index contributed by atoms with van der Waals surface area (Å²) in [6.07, 6.45) is 3.16. The van der Waals surface area contributed by atoms with Crippen molar-refractivity contribution in [2.45, 2.75) is 57.3 Å². The fraction of sp³-hybridized carbons (Fsp3) is 0.478. The highest BCUT2D eigenvalue weighted by atomic mass is 32.1. The number of amides is 2. The molecule has 4 rings (SSSR count). The number of nitrogens with one attached hydrogen (secondary N) is 1. The van der Waals surface area contributed by atoms with E-state index in [-0.39, 0.29) is 29.6 Å². The molecule has 3 heterocycles. The second kappa shape index (κ2) is 8.28. The van der Waals surface area contributed by atoms with Crippen molar-refractivity contribution >= 4 is 23.2 Å². The van der Waals surface area contributed by atoms with E-state index in [0.717, 1.165) is 24.1 Å². The van der Waals surface area contributed by atoms with Crippen molar-refractivity contribution in [1.29, 1.82) is 0 Å². The van der Waals surface area contributed by atoms with E-state index in [9.17, 15) is 9.59 Å². The molecule has 0 bridgehead atoms. The van der Waals surface area contributed by atoms with Crippen molar-refractivity contribution in [2.75, 3.05) is 13.1 Å². The number of nitrogens with zero attached hydrogens (tertiary/aromatic N) is 2. The maximum Gasteiger partial charge on any atom is 0.263 e. The van der Waals surface area contributed by atoms with Gasteiger partial charge in [0.2, 0.25) is 5.91 Å². The van der Waals surface area contributed by atoms with E-state index in [1.165, 1.54) is 16.9 Å². The van der Waals surface area contributed by atoms with E-state index in [1.54, 1.807) is 0 Å². The molecule has 2 atom stereocenters. The van der Waals surface area contributed by atoms with Gasteiger partial charge in [-0.15, -0.1) is 11.3 Å². The van der Waals surface area contributed by atoms with Gasteiger partial charge >= 0.3 is 0 Å². The molecule has 2 aliphatic heterocycles. The van der Waals surface area contributed by atoms with Crippen molar-refractivity contribution in [2.24, 2.45) is 0 Å². The molecule has 5 nitrogen and oxygen atoms in total.